The van der Waals surface area contributed by atoms with Crippen molar-refractivity contribution in [2.45, 2.75) is 25.9 Å². The summed E-state index contributed by atoms with van der Waals surface area (Å²) in [5.74, 6) is 0.856. The van der Waals surface area contributed by atoms with E-state index in [0.29, 0.717) is 18.2 Å². The number of carbonyl (C=O) groups is 1. The molecule has 0 saturated heterocycles. The van der Waals surface area contributed by atoms with Gasteiger partial charge in [-0.3, -0.25) is 9.48 Å². The Balaban J connectivity index is 2.04. The first kappa shape index (κ1) is 15.7. The van der Waals surface area contributed by atoms with Crippen molar-refractivity contribution in [3.63, 3.8) is 0 Å². The summed E-state index contributed by atoms with van der Waals surface area (Å²) in [7, 11) is 3.62. The number of nitrogen functional groups attached to an aromatic ring is 1. The lowest BCUT2D eigenvalue weighted by atomic mass is 10.2. The van der Waals surface area contributed by atoms with E-state index in [1.54, 1.807) is 28.0 Å². The summed E-state index contributed by atoms with van der Waals surface area (Å²) in [6.07, 6.45) is 4.04. The molecular formula is C13H20N8O. The zero-order chi connectivity index (χ0) is 16.1. The Morgan fingerprint density at radius 1 is 1.41 bits per heavy atom. The molecule has 3 N–H and O–H groups in total. The number of hydrogen-bond acceptors (Lipinski definition) is 7. The van der Waals surface area contributed by atoms with Crippen LogP contribution in [0.4, 0.5) is 11.9 Å². The second-order valence-electron chi connectivity index (χ2n) is 4.93. The Morgan fingerprint density at radius 3 is 2.77 bits per heavy atom. The molecule has 2 rings (SSSR count). The maximum atomic E-state index is 12.3. The van der Waals surface area contributed by atoms with Crippen LogP contribution < -0.4 is 16.0 Å². The van der Waals surface area contributed by atoms with Gasteiger partial charge in [0, 0.05) is 26.5 Å². The maximum absolute atomic E-state index is 12.3. The first-order valence-corrected chi connectivity index (χ1v) is 6.95. The second kappa shape index (κ2) is 6.83. The van der Waals surface area contributed by atoms with Crippen molar-refractivity contribution in [3.05, 3.63) is 24.3 Å². The number of nitrogens with two attached hydrogens (primary N) is 1. The zero-order valence-electron chi connectivity index (χ0n) is 12.9. The van der Waals surface area contributed by atoms with Crippen LogP contribution in [0.15, 0.2) is 18.5 Å². The van der Waals surface area contributed by atoms with Crippen molar-refractivity contribution in [1.82, 2.24) is 30.0 Å². The van der Waals surface area contributed by atoms with Crippen LogP contribution in [0.5, 0.6) is 0 Å². The van der Waals surface area contributed by atoms with E-state index in [2.05, 4.69) is 25.4 Å². The van der Waals surface area contributed by atoms with E-state index in [0.717, 1.165) is 0 Å². The van der Waals surface area contributed by atoms with Gasteiger partial charge in [-0.05, 0) is 12.5 Å². The highest BCUT2D eigenvalue weighted by Crippen LogP contribution is 2.10. The smallest absolute Gasteiger partial charge is 0.245 e. The average molecular weight is 304 g/mol. The van der Waals surface area contributed by atoms with Gasteiger partial charge >= 0.3 is 0 Å². The van der Waals surface area contributed by atoms with Gasteiger partial charge in [0.05, 0.1) is 6.54 Å². The van der Waals surface area contributed by atoms with Crippen LogP contribution in [-0.2, 0) is 11.3 Å². The Hall–Kier alpha value is -2.71. The number of carbonyl (C=O) groups excluding carboxylic acids is 1. The SMILES string of the molecule is CCC(C(=O)NCc1nc(N)nc(N(C)C)n1)n1cccn1. The van der Waals surface area contributed by atoms with Crippen LogP contribution in [0.25, 0.3) is 0 Å². The van der Waals surface area contributed by atoms with Crippen LogP contribution in [0.3, 0.4) is 0 Å². The Labute approximate surface area is 128 Å². The first-order valence-electron chi connectivity index (χ1n) is 6.95. The van der Waals surface area contributed by atoms with E-state index in [1.165, 1.54) is 0 Å². The Kier molecular flexibility index (Phi) is 4.87. The third-order valence-corrected chi connectivity index (χ3v) is 3.04. The summed E-state index contributed by atoms with van der Waals surface area (Å²) < 4.78 is 1.63. The number of rotatable bonds is 6. The molecule has 0 bridgehead atoms. The minimum atomic E-state index is -0.359. The van der Waals surface area contributed by atoms with E-state index in [4.69, 9.17) is 5.73 Å². The number of anilines is 2. The van der Waals surface area contributed by atoms with Crippen molar-refractivity contribution in [3.8, 4) is 0 Å². The van der Waals surface area contributed by atoms with Crippen molar-refractivity contribution >= 4 is 17.8 Å². The van der Waals surface area contributed by atoms with Gasteiger partial charge in [0.15, 0.2) is 5.82 Å². The van der Waals surface area contributed by atoms with Gasteiger partial charge in [-0.2, -0.15) is 20.1 Å². The standard InChI is InChI=1S/C13H20N8O/c1-4-9(21-7-5-6-16-21)11(22)15-8-10-17-12(14)19-13(18-10)20(2)3/h5-7,9H,4,8H2,1-3H3,(H,15,22)(H2,14,17,18,19). The summed E-state index contributed by atoms with van der Waals surface area (Å²) >= 11 is 0. The first-order chi connectivity index (χ1) is 10.5. The predicted octanol–water partition coefficient (Wildman–Crippen LogP) is -0.0162. The summed E-state index contributed by atoms with van der Waals surface area (Å²) in [4.78, 5) is 26.3. The van der Waals surface area contributed by atoms with E-state index >= 15 is 0 Å². The lowest BCUT2D eigenvalue weighted by Crippen LogP contribution is -2.33. The normalized spacial score (nSPS) is 12.0. The maximum Gasteiger partial charge on any atom is 0.245 e. The lowest BCUT2D eigenvalue weighted by Gasteiger charge is -2.16. The summed E-state index contributed by atoms with van der Waals surface area (Å²) in [6.45, 7) is 2.11. The van der Waals surface area contributed by atoms with Gasteiger partial charge in [0.1, 0.15) is 6.04 Å². The lowest BCUT2D eigenvalue weighted by molar-refractivity contribution is -0.124. The third kappa shape index (κ3) is 3.68. The van der Waals surface area contributed by atoms with Crippen molar-refractivity contribution in [2.24, 2.45) is 0 Å². The van der Waals surface area contributed by atoms with Gasteiger partial charge in [-0.1, -0.05) is 6.92 Å². The molecule has 0 aliphatic rings. The molecule has 0 aromatic carbocycles. The molecule has 2 aromatic rings. The highest BCUT2D eigenvalue weighted by atomic mass is 16.2. The van der Waals surface area contributed by atoms with Gasteiger partial charge in [-0.15, -0.1) is 0 Å². The summed E-state index contributed by atoms with van der Waals surface area (Å²) in [5.41, 5.74) is 5.65. The third-order valence-electron chi connectivity index (χ3n) is 3.04. The van der Waals surface area contributed by atoms with Crippen molar-refractivity contribution in [1.29, 1.82) is 0 Å². The van der Waals surface area contributed by atoms with E-state index in [1.807, 2.05) is 21.0 Å². The highest BCUT2D eigenvalue weighted by molar-refractivity contribution is 5.80. The molecule has 9 nitrogen and oxygen atoms in total. The van der Waals surface area contributed by atoms with Gasteiger partial charge in [0.2, 0.25) is 17.8 Å². The molecule has 0 saturated carbocycles. The quantitative estimate of drug-likeness (QED) is 0.770. The fourth-order valence-corrected chi connectivity index (χ4v) is 1.95. The summed E-state index contributed by atoms with van der Waals surface area (Å²) in [5, 5.41) is 6.91. The molecule has 2 aromatic heterocycles. The molecule has 1 unspecified atom stereocenters. The predicted molar refractivity (Wildman–Crippen MR) is 82.0 cm³/mol. The second-order valence-corrected chi connectivity index (χ2v) is 4.93. The van der Waals surface area contributed by atoms with Crippen LogP contribution in [0.2, 0.25) is 0 Å². The molecule has 0 aliphatic heterocycles. The molecule has 1 amide bonds. The fourth-order valence-electron chi connectivity index (χ4n) is 1.95. The van der Waals surface area contributed by atoms with Gasteiger partial charge in [-0.25, -0.2) is 0 Å². The van der Waals surface area contributed by atoms with Crippen LogP contribution in [0, 0.1) is 0 Å². The molecule has 0 fully saturated rings. The van der Waals surface area contributed by atoms with E-state index < -0.39 is 0 Å². The molecule has 9 heteroatoms. The minimum Gasteiger partial charge on any atom is -0.368 e. The van der Waals surface area contributed by atoms with Crippen LogP contribution in [0.1, 0.15) is 25.2 Å². The van der Waals surface area contributed by atoms with Crippen LogP contribution >= 0.6 is 0 Å². The molecular weight excluding hydrogens is 284 g/mol. The number of amides is 1. The molecule has 0 radical (unpaired) electrons. The zero-order valence-corrected chi connectivity index (χ0v) is 12.9. The molecule has 0 aliphatic carbocycles. The molecule has 2 heterocycles. The number of nitrogens with one attached hydrogen (secondary N) is 1. The monoisotopic (exact) mass is 304 g/mol. The highest BCUT2D eigenvalue weighted by Gasteiger charge is 2.18. The van der Waals surface area contributed by atoms with E-state index in [9.17, 15) is 4.79 Å². The molecule has 0 spiro atoms. The van der Waals surface area contributed by atoms with Crippen molar-refractivity contribution < 1.29 is 4.79 Å². The Morgan fingerprint density at radius 2 is 2.18 bits per heavy atom. The summed E-state index contributed by atoms with van der Waals surface area (Å²) in [6, 6.07) is 1.42. The van der Waals surface area contributed by atoms with Gasteiger partial charge in [0.25, 0.3) is 0 Å². The fraction of sp³-hybridized carbons (Fsp3) is 0.462. The van der Waals surface area contributed by atoms with Crippen molar-refractivity contribution in [2.75, 3.05) is 24.7 Å². The minimum absolute atomic E-state index is 0.127. The number of nitrogens with zero attached hydrogens (tertiary/aromatic N) is 6. The molecule has 22 heavy (non-hydrogen) atoms. The average Bonchev–Trinajstić information content (AvgIpc) is 2.99. The number of hydrogen-bond donors (Lipinski definition) is 2. The topological polar surface area (TPSA) is 115 Å². The number of aromatic nitrogens is 5. The van der Waals surface area contributed by atoms with Gasteiger partial charge < -0.3 is 16.0 Å². The van der Waals surface area contributed by atoms with E-state index in [-0.39, 0.29) is 24.4 Å². The molecule has 118 valence electrons. The largest absolute Gasteiger partial charge is 0.368 e. The Bertz CT molecular complexity index is 625. The van der Waals surface area contributed by atoms with Crippen LogP contribution in [-0.4, -0.2) is 44.7 Å². The molecule has 1 atom stereocenters.